The van der Waals surface area contributed by atoms with Crippen LogP contribution in [0.5, 0.6) is 5.75 Å². The van der Waals surface area contributed by atoms with Gasteiger partial charge in [0, 0.05) is 21.5 Å². The van der Waals surface area contributed by atoms with E-state index in [0.717, 1.165) is 22.3 Å². The lowest BCUT2D eigenvalue weighted by Crippen LogP contribution is -2.13. The van der Waals surface area contributed by atoms with E-state index < -0.39 is 5.91 Å². The van der Waals surface area contributed by atoms with Gasteiger partial charge >= 0.3 is 0 Å². The van der Waals surface area contributed by atoms with Crippen LogP contribution in [0.1, 0.15) is 35.5 Å². The largest absolute Gasteiger partial charge is 0.491 e. The van der Waals surface area contributed by atoms with E-state index in [0.29, 0.717) is 21.9 Å². The number of aromatic nitrogens is 2. The van der Waals surface area contributed by atoms with Gasteiger partial charge in [0.15, 0.2) is 11.5 Å². The van der Waals surface area contributed by atoms with Crippen LogP contribution < -0.4 is 10.1 Å². The predicted octanol–water partition coefficient (Wildman–Crippen LogP) is 5.79. The summed E-state index contributed by atoms with van der Waals surface area (Å²) < 4.78 is 16.3. The molecule has 0 aliphatic carbocycles. The molecule has 0 bridgehead atoms. The van der Waals surface area contributed by atoms with Gasteiger partial charge in [-0.15, -0.1) is 0 Å². The number of ether oxygens (including phenoxy) is 1. The Bertz CT molecular complexity index is 1230. The number of furan rings is 1. The van der Waals surface area contributed by atoms with Crippen molar-refractivity contribution < 1.29 is 18.6 Å². The van der Waals surface area contributed by atoms with E-state index in [2.05, 4.69) is 15.6 Å². The molecular weight excluding hydrogens is 406 g/mol. The second kappa shape index (κ2) is 7.84. The van der Waals surface area contributed by atoms with Crippen LogP contribution in [0, 0.1) is 13.8 Å². The van der Waals surface area contributed by atoms with Crippen LogP contribution in [0.4, 0.5) is 5.82 Å². The van der Waals surface area contributed by atoms with Crippen molar-refractivity contribution in [2.45, 2.75) is 33.8 Å². The Hall–Kier alpha value is -3.32. The topological polar surface area (TPSA) is 90.4 Å². The number of carbonyl (C=O) groups excluding carboxylic acids is 1. The fourth-order valence-corrected chi connectivity index (χ4v) is 3.31. The summed E-state index contributed by atoms with van der Waals surface area (Å²) in [6.45, 7) is 7.60. The van der Waals surface area contributed by atoms with Crippen molar-refractivity contribution in [1.82, 2.24) is 10.3 Å². The zero-order chi connectivity index (χ0) is 21.4. The van der Waals surface area contributed by atoms with Gasteiger partial charge < -0.3 is 9.15 Å². The van der Waals surface area contributed by atoms with Gasteiger partial charge in [-0.1, -0.05) is 11.6 Å². The molecule has 2 aromatic carbocycles. The normalized spacial score (nSPS) is 11.3. The number of nitrogens with zero attached hydrogens (tertiary/aromatic N) is 2. The molecule has 2 heterocycles. The summed E-state index contributed by atoms with van der Waals surface area (Å²) in [5.74, 6) is 0.671. The minimum Gasteiger partial charge on any atom is -0.491 e. The number of benzene rings is 2. The van der Waals surface area contributed by atoms with Crippen LogP contribution in [0.15, 0.2) is 45.4 Å². The van der Waals surface area contributed by atoms with Crippen LogP contribution >= 0.6 is 11.6 Å². The zero-order valence-electron chi connectivity index (χ0n) is 16.9. The van der Waals surface area contributed by atoms with Gasteiger partial charge in [-0.05, 0) is 80.0 Å². The monoisotopic (exact) mass is 425 g/mol. The molecule has 0 fully saturated rings. The average Bonchev–Trinajstić information content (AvgIpc) is 3.27. The van der Waals surface area contributed by atoms with Gasteiger partial charge in [-0.2, -0.15) is 0 Å². The molecule has 1 N–H and O–H groups in total. The number of hydrogen-bond acceptors (Lipinski definition) is 6. The number of aryl methyl sites for hydroxylation is 2. The van der Waals surface area contributed by atoms with Gasteiger partial charge in [0.1, 0.15) is 11.3 Å². The molecule has 4 rings (SSSR count). The average molecular weight is 426 g/mol. The summed E-state index contributed by atoms with van der Waals surface area (Å²) in [7, 11) is 0. The number of anilines is 1. The molecule has 4 aromatic rings. The van der Waals surface area contributed by atoms with Crippen LogP contribution in [-0.2, 0) is 0 Å². The second-order valence-electron chi connectivity index (χ2n) is 7.26. The number of rotatable bonds is 5. The van der Waals surface area contributed by atoms with E-state index in [1.54, 1.807) is 6.07 Å². The summed E-state index contributed by atoms with van der Waals surface area (Å²) in [5.41, 5.74) is 3.30. The SMILES string of the molecule is Cc1cc2oc(C(=O)Nc3nonc3-c3ccc(OC(C)C)cc3)c(C)c2cc1Cl. The maximum Gasteiger partial charge on any atom is 0.292 e. The molecular formula is C22H20ClN3O4. The summed E-state index contributed by atoms with van der Waals surface area (Å²) in [4.78, 5) is 12.9. The maximum atomic E-state index is 12.9. The van der Waals surface area contributed by atoms with E-state index in [-0.39, 0.29) is 17.7 Å². The molecule has 0 aliphatic heterocycles. The van der Waals surface area contributed by atoms with E-state index in [9.17, 15) is 4.79 Å². The van der Waals surface area contributed by atoms with Gasteiger partial charge in [0.2, 0.25) is 5.82 Å². The lowest BCUT2D eigenvalue weighted by atomic mass is 10.1. The number of amides is 1. The Kier molecular flexibility index (Phi) is 5.22. The molecule has 0 atom stereocenters. The summed E-state index contributed by atoms with van der Waals surface area (Å²) in [5, 5.41) is 11.9. The fourth-order valence-electron chi connectivity index (χ4n) is 3.15. The number of halogens is 1. The Morgan fingerprint density at radius 3 is 2.57 bits per heavy atom. The summed E-state index contributed by atoms with van der Waals surface area (Å²) in [6.07, 6.45) is 0.0742. The number of nitrogens with one attached hydrogen (secondary N) is 1. The molecule has 2 aromatic heterocycles. The van der Waals surface area contributed by atoms with Gasteiger partial charge in [-0.3, -0.25) is 10.1 Å². The Balaban J connectivity index is 1.60. The van der Waals surface area contributed by atoms with Crippen LogP contribution in [0.3, 0.4) is 0 Å². The predicted molar refractivity (Wildman–Crippen MR) is 114 cm³/mol. The lowest BCUT2D eigenvalue weighted by molar-refractivity contribution is 0.0997. The number of hydrogen-bond donors (Lipinski definition) is 1. The third-order valence-electron chi connectivity index (χ3n) is 4.64. The Morgan fingerprint density at radius 1 is 1.13 bits per heavy atom. The minimum atomic E-state index is -0.450. The van der Waals surface area contributed by atoms with Crippen LogP contribution in [0.2, 0.25) is 5.02 Å². The van der Waals surface area contributed by atoms with Gasteiger partial charge in [-0.25, -0.2) is 4.63 Å². The highest BCUT2D eigenvalue weighted by Crippen LogP contribution is 2.32. The third kappa shape index (κ3) is 3.76. The fraction of sp³-hybridized carbons (Fsp3) is 0.227. The van der Waals surface area contributed by atoms with E-state index in [1.807, 2.05) is 58.0 Å². The molecule has 0 saturated carbocycles. The molecule has 0 aliphatic rings. The van der Waals surface area contributed by atoms with E-state index in [4.69, 9.17) is 25.4 Å². The summed E-state index contributed by atoms with van der Waals surface area (Å²) in [6, 6.07) is 10.9. The first-order valence-electron chi connectivity index (χ1n) is 9.43. The van der Waals surface area contributed by atoms with Crippen molar-refractivity contribution in [3.8, 4) is 17.0 Å². The van der Waals surface area contributed by atoms with Crippen molar-refractivity contribution in [1.29, 1.82) is 0 Å². The second-order valence-corrected chi connectivity index (χ2v) is 7.67. The smallest absolute Gasteiger partial charge is 0.292 e. The molecule has 0 radical (unpaired) electrons. The minimum absolute atomic E-state index is 0.0742. The molecule has 0 saturated heterocycles. The highest BCUT2D eigenvalue weighted by Gasteiger charge is 2.22. The van der Waals surface area contributed by atoms with Crippen LogP contribution in [0.25, 0.3) is 22.2 Å². The van der Waals surface area contributed by atoms with Crippen molar-refractivity contribution in [2.24, 2.45) is 0 Å². The zero-order valence-corrected chi connectivity index (χ0v) is 17.7. The highest BCUT2D eigenvalue weighted by molar-refractivity contribution is 6.32. The molecule has 30 heavy (non-hydrogen) atoms. The molecule has 154 valence electrons. The van der Waals surface area contributed by atoms with Gasteiger partial charge in [0.25, 0.3) is 5.91 Å². The first-order valence-corrected chi connectivity index (χ1v) is 9.81. The molecule has 7 nitrogen and oxygen atoms in total. The molecule has 0 spiro atoms. The first-order chi connectivity index (χ1) is 14.3. The Labute approximate surface area is 177 Å². The number of carbonyl (C=O) groups is 1. The number of fused-ring (bicyclic) bond motifs is 1. The lowest BCUT2D eigenvalue weighted by Gasteiger charge is -2.09. The summed E-state index contributed by atoms with van der Waals surface area (Å²) >= 11 is 6.21. The standard InChI is InChI=1S/C22H20ClN3O4/c1-11(2)28-15-7-5-14(6-8-15)19-21(26-30-25-19)24-22(27)20-13(4)16-10-17(23)12(3)9-18(16)29-20/h5-11H,1-4H3,(H,24,26,27). The van der Waals surface area contributed by atoms with Gasteiger partial charge in [0.05, 0.1) is 6.10 Å². The highest BCUT2D eigenvalue weighted by atomic mass is 35.5. The van der Waals surface area contributed by atoms with E-state index >= 15 is 0 Å². The van der Waals surface area contributed by atoms with Crippen LogP contribution in [-0.4, -0.2) is 22.3 Å². The maximum absolute atomic E-state index is 12.9. The first kappa shape index (κ1) is 20.0. The van der Waals surface area contributed by atoms with Crippen molar-refractivity contribution in [2.75, 3.05) is 5.32 Å². The Morgan fingerprint density at radius 2 is 1.87 bits per heavy atom. The van der Waals surface area contributed by atoms with Crippen molar-refractivity contribution >= 4 is 34.3 Å². The van der Waals surface area contributed by atoms with Crippen molar-refractivity contribution in [3.63, 3.8) is 0 Å². The molecule has 0 unspecified atom stereocenters. The van der Waals surface area contributed by atoms with Crippen molar-refractivity contribution in [3.05, 3.63) is 58.3 Å². The molecule has 8 heteroatoms. The molecule has 1 amide bonds. The quantitative estimate of drug-likeness (QED) is 0.435. The third-order valence-corrected chi connectivity index (χ3v) is 5.05. The van der Waals surface area contributed by atoms with E-state index in [1.165, 1.54) is 0 Å².